The maximum atomic E-state index is 13.4. The van der Waals surface area contributed by atoms with Crippen molar-refractivity contribution in [1.82, 2.24) is 24.6 Å². The van der Waals surface area contributed by atoms with E-state index < -0.39 is 10.0 Å². The second kappa shape index (κ2) is 12.7. The molecule has 214 valence electrons. The summed E-state index contributed by atoms with van der Waals surface area (Å²) in [4.78, 5) is 13.0. The number of sulfonamides is 1. The molecule has 0 aliphatic heterocycles. The number of halogens is 1. The third-order valence-corrected chi connectivity index (χ3v) is 9.39. The van der Waals surface area contributed by atoms with Gasteiger partial charge < -0.3 is 16.0 Å². The van der Waals surface area contributed by atoms with Crippen molar-refractivity contribution in [3.8, 4) is 0 Å². The topological polar surface area (TPSA) is 112 Å². The van der Waals surface area contributed by atoms with Gasteiger partial charge in [0.2, 0.25) is 16.0 Å². The standard InChI is InChI=1S/C30H34FN7O2S/c1-21(22-15-18-32-19-16-22)34-24-7-11-27(12-8-24)38(2)41(39,40)28-13-9-26(10-14-28)36-30-33-20-17-29(37-30)35-25-5-3-23(31)4-6-25/h3-6,9-10,13-21,24,27,34H,7-8,11-12H2,1-2H3,(H2,33,35,36,37). The van der Waals surface area contributed by atoms with Crippen molar-refractivity contribution in [2.75, 3.05) is 17.7 Å². The molecule has 2 aromatic carbocycles. The van der Waals surface area contributed by atoms with Crippen LogP contribution in [0.1, 0.15) is 44.2 Å². The zero-order chi connectivity index (χ0) is 28.8. The van der Waals surface area contributed by atoms with Crippen LogP contribution in [0.4, 0.5) is 27.5 Å². The van der Waals surface area contributed by atoms with E-state index in [4.69, 9.17) is 0 Å². The summed E-state index contributed by atoms with van der Waals surface area (Å²) >= 11 is 0. The van der Waals surface area contributed by atoms with Gasteiger partial charge >= 0.3 is 0 Å². The summed E-state index contributed by atoms with van der Waals surface area (Å²) in [5, 5.41) is 9.88. The summed E-state index contributed by atoms with van der Waals surface area (Å²) in [7, 11) is -1.97. The molecule has 0 spiro atoms. The minimum Gasteiger partial charge on any atom is -0.340 e. The molecule has 41 heavy (non-hydrogen) atoms. The molecule has 2 heterocycles. The first-order valence-corrected chi connectivity index (χ1v) is 15.1. The Labute approximate surface area is 240 Å². The molecule has 0 bridgehead atoms. The summed E-state index contributed by atoms with van der Waals surface area (Å²) in [6.45, 7) is 2.14. The highest BCUT2D eigenvalue weighted by Crippen LogP contribution is 2.29. The highest BCUT2D eigenvalue weighted by atomic mass is 32.2. The Kier molecular flexibility index (Phi) is 8.87. The van der Waals surface area contributed by atoms with E-state index in [1.807, 2.05) is 12.1 Å². The number of pyridine rings is 1. The zero-order valence-corrected chi connectivity index (χ0v) is 23.9. The lowest BCUT2D eigenvalue weighted by Gasteiger charge is -2.35. The molecule has 1 aliphatic rings. The summed E-state index contributed by atoms with van der Waals surface area (Å²) in [5.41, 5.74) is 2.54. The minimum atomic E-state index is -3.65. The van der Waals surface area contributed by atoms with Crippen molar-refractivity contribution in [1.29, 1.82) is 0 Å². The minimum absolute atomic E-state index is 0.0446. The average Bonchev–Trinajstić information content (AvgIpc) is 2.99. The Morgan fingerprint density at radius 2 is 1.49 bits per heavy atom. The van der Waals surface area contributed by atoms with E-state index in [-0.39, 0.29) is 22.8 Å². The third kappa shape index (κ3) is 7.24. The molecule has 1 aliphatic carbocycles. The number of nitrogens with one attached hydrogen (secondary N) is 3. The maximum absolute atomic E-state index is 13.4. The fraction of sp³-hybridized carbons (Fsp3) is 0.300. The predicted molar refractivity (Wildman–Crippen MR) is 158 cm³/mol. The number of nitrogens with zero attached hydrogens (tertiary/aromatic N) is 4. The molecule has 2 aromatic heterocycles. The van der Waals surface area contributed by atoms with Gasteiger partial charge in [-0.15, -0.1) is 0 Å². The first-order chi connectivity index (χ1) is 19.8. The van der Waals surface area contributed by atoms with E-state index in [0.29, 0.717) is 29.2 Å². The molecule has 11 heteroatoms. The molecule has 9 nitrogen and oxygen atoms in total. The highest BCUT2D eigenvalue weighted by molar-refractivity contribution is 7.89. The van der Waals surface area contributed by atoms with Gasteiger partial charge in [-0.3, -0.25) is 4.98 Å². The fourth-order valence-corrected chi connectivity index (χ4v) is 6.50. The quantitative estimate of drug-likeness (QED) is 0.218. The number of aromatic nitrogens is 3. The van der Waals surface area contributed by atoms with Gasteiger partial charge in [0.05, 0.1) is 4.90 Å². The second-order valence-electron chi connectivity index (χ2n) is 10.2. The van der Waals surface area contributed by atoms with E-state index in [1.54, 1.807) is 68.1 Å². The molecule has 5 rings (SSSR count). The summed E-state index contributed by atoms with van der Waals surface area (Å²) in [6, 6.07) is 18.8. The summed E-state index contributed by atoms with van der Waals surface area (Å²) in [5.74, 6) is 0.560. The largest absolute Gasteiger partial charge is 0.340 e. The average molecular weight is 576 g/mol. The molecule has 1 fully saturated rings. The Balaban J connectivity index is 1.16. The van der Waals surface area contributed by atoms with Crippen molar-refractivity contribution in [2.24, 2.45) is 0 Å². The van der Waals surface area contributed by atoms with Crippen LogP contribution in [0, 0.1) is 5.82 Å². The van der Waals surface area contributed by atoms with E-state index >= 15 is 0 Å². The van der Waals surface area contributed by atoms with Crippen molar-refractivity contribution < 1.29 is 12.8 Å². The van der Waals surface area contributed by atoms with Gasteiger partial charge in [0.1, 0.15) is 11.6 Å². The van der Waals surface area contributed by atoms with E-state index in [2.05, 4.69) is 37.8 Å². The van der Waals surface area contributed by atoms with Gasteiger partial charge in [-0.1, -0.05) is 0 Å². The Morgan fingerprint density at radius 1 is 0.854 bits per heavy atom. The summed E-state index contributed by atoms with van der Waals surface area (Å²) < 4.78 is 41.5. The first kappa shape index (κ1) is 28.6. The van der Waals surface area contributed by atoms with Gasteiger partial charge in [-0.25, -0.2) is 17.8 Å². The lowest BCUT2D eigenvalue weighted by atomic mass is 9.90. The lowest BCUT2D eigenvalue weighted by molar-refractivity contribution is 0.241. The smallest absolute Gasteiger partial charge is 0.243 e. The molecule has 1 atom stereocenters. The normalized spacial score (nSPS) is 18.1. The molecule has 0 amide bonds. The number of benzene rings is 2. The SMILES string of the molecule is CC(NC1CCC(N(C)S(=O)(=O)c2ccc(Nc3nccc(Nc4ccc(F)cc4)n3)cc2)CC1)c1ccncc1. The van der Waals surface area contributed by atoms with Crippen LogP contribution in [0.15, 0.2) is 90.2 Å². The number of rotatable bonds is 10. The van der Waals surface area contributed by atoms with Crippen LogP contribution >= 0.6 is 0 Å². The highest BCUT2D eigenvalue weighted by Gasteiger charge is 2.32. The van der Waals surface area contributed by atoms with Gasteiger partial charge in [0, 0.05) is 55.1 Å². The van der Waals surface area contributed by atoms with Crippen LogP contribution in [0.3, 0.4) is 0 Å². The monoisotopic (exact) mass is 575 g/mol. The molecule has 4 aromatic rings. The van der Waals surface area contributed by atoms with Gasteiger partial charge in [-0.05, 0) is 105 Å². The first-order valence-electron chi connectivity index (χ1n) is 13.6. The molecule has 3 N–H and O–H groups in total. The van der Waals surface area contributed by atoms with Crippen molar-refractivity contribution in [3.63, 3.8) is 0 Å². The molecular weight excluding hydrogens is 541 g/mol. The van der Waals surface area contributed by atoms with Crippen molar-refractivity contribution >= 4 is 33.2 Å². The second-order valence-corrected chi connectivity index (χ2v) is 12.2. The third-order valence-electron chi connectivity index (χ3n) is 7.46. The van der Waals surface area contributed by atoms with Crippen molar-refractivity contribution in [3.05, 3.63) is 96.7 Å². The Morgan fingerprint density at radius 3 is 2.17 bits per heavy atom. The van der Waals surface area contributed by atoms with Crippen LogP contribution in [-0.4, -0.2) is 46.8 Å². The van der Waals surface area contributed by atoms with Crippen LogP contribution < -0.4 is 16.0 Å². The molecular formula is C30H34FN7O2S. The van der Waals surface area contributed by atoms with E-state index in [0.717, 1.165) is 25.7 Å². The number of hydrogen-bond acceptors (Lipinski definition) is 8. The Bertz CT molecular complexity index is 1530. The van der Waals surface area contributed by atoms with Crippen LogP contribution in [-0.2, 0) is 10.0 Å². The van der Waals surface area contributed by atoms with Crippen LogP contribution in [0.5, 0.6) is 0 Å². The molecule has 0 radical (unpaired) electrons. The van der Waals surface area contributed by atoms with Gasteiger partial charge in [-0.2, -0.15) is 9.29 Å². The molecule has 0 saturated heterocycles. The molecule has 1 saturated carbocycles. The van der Waals surface area contributed by atoms with E-state index in [9.17, 15) is 12.8 Å². The molecule has 1 unspecified atom stereocenters. The van der Waals surface area contributed by atoms with Gasteiger partial charge in [0.15, 0.2) is 0 Å². The van der Waals surface area contributed by atoms with Crippen LogP contribution in [0.2, 0.25) is 0 Å². The Hall–Kier alpha value is -3.93. The van der Waals surface area contributed by atoms with E-state index in [1.165, 1.54) is 22.0 Å². The van der Waals surface area contributed by atoms with Crippen molar-refractivity contribution in [2.45, 2.75) is 55.6 Å². The van der Waals surface area contributed by atoms with Gasteiger partial charge in [0.25, 0.3) is 0 Å². The number of hydrogen-bond donors (Lipinski definition) is 3. The number of anilines is 4. The van der Waals surface area contributed by atoms with Crippen LogP contribution in [0.25, 0.3) is 0 Å². The summed E-state index contributed by atoms with van der Waals surface area (Å²) in [6.07, 6.45) is 8.63. The lowest BCUT2D eigenvalue weighted by Crippen LogP contribution is -2.43. The predicted octanol–water partition coefficient (Wildman–Crippen LogP) is 5.78. The zero-order valence-electron chi connectivity index (χ0n) is 23.0. The fourth-order valence-electron chi connectivity index (χ4n) is 5.08. The maximum Gasteiger partial charge on any atom is 0.243 e.